The van der Waals surface area contributed by atoms with Crippen LogP contribution in [0.1, 0.15) is 46.1 Å². The summed E-state index contributed by atoms with van der Waals surface area (Å²) in [5.41, 5.74) is 6.36. The molecule has 29 heavy (non-hydrogen) atoms. The highest BCUT2D eigenvalue weighted by atomic mass is 32.2. The number of hydrogen-bond donors (Lipinski definition) is 1. The predicted octanol–water partition coefficient (Wildman–Crippen LogP) is 6.91. The third-order valence-electron chi connectivity index (χ3n) is 5.80. The fourth-order valence-corrected chi connectivity index (χ4v) is 5.48. The Balaban J connectivity index is 1.78. The molecule has 0 bridgehead atoms. The molecule has 0 amide bonds. The number of aliphatic carboxylic acids is 1. The number of anilines is 2. The molecule has 0 aromatic heterocycles. The molecule has 0 saturated carbocycles. The molecular weight excluding hydrogens is 378 g/mol. The fraction of sp³-hybridized carbons (Fsp3) is 0.320. The molecule has 0 radical (unpaired) electrons. The van der Waals surface area contributed by atoms with Crippen molar-refractivity contribution in [1.29, 1.82) is 0 Å². The molecule has 2 aliphatic rings. The summed E-state index contributed by atoms with van der Waals surface area (Å²) in [7, 11) is 0. The van der Waals surface area contributed by atoms with Gasteiger partial charge in [-0.1, -0.05) is 49.9 Å². The van der Waals surface area contributed by atoms with Crippen LogP contribution >= 0.6 is 11.8 Å². The Hall–Kier alpha value is -2.46. The van der Waals surface area contributed by atoms with Gasteiger partial charge in [0.05, 0.1) is 11.4 Å². The first kappa shape index (κ1) is 19.8. The van der Waals surface area contributed by atoms with Crippen molar-refractivity contribution >= 4 is 34.7 Å². The molecule has 0 spiro atoms. The van der Waals surface area contributed by atoms with Crippen molar-refractivity contribution in [2.75, 3.05) is 11.4 Å². The van der Waals surface area contributed by atoms with Gasteiger partial charge in [0.15, 0.2) is 0 Å². The molecule has 0 fully saturated rings. The van der Waals surface area contributed by atoms with E-state index < -0.39 is 5.97 Å². The first-order chi connectivity index (χ1) is 13.8. The monoisotopic (exact) mass is 405 g/mol. The molecule has 2 aromatic rings. The number of nitrogens with zero attached hydrogens (tertiary/aromatic N) is 1. The van der Waals surface area contributed by atoms with Crippen molar-refractivity contribution in [1.82, 2.24) is 0 Å². The summed E-state index contributed by atoms with van der Waals surface area (Å²) in [4.78, 5) is 16.4. The van der Waals surface area contributed by atoms with Crippen LogP contribution in [0.5, 0.6) is 0 Å². The average molecular weight is 406 g/mol. The second-order valence-electron chi connectivity index (χ2n) is 8.64. The van der Waals surface area contributed by atoms with Crippen LogP contribution in [0.3, 0.4) is 0 Å². The summed E-state index contributed by atoms with van der Waals surface area (Å²) in [5, 5.41) is 9.47. The van der Waals surface area contributed by atoms with Crippen molar-refractivity contribution < 1.29 is 9.90 Å². The Labute approximate surface area is 177 Å². The molecule has 1 heterocycles. The quantitative estimate of drug-likeness (QED) is 0.563. The molecule has 1 aliphatic heterocycles. The zero-order valence-corrected chi connectivity index (χ0v) is 18.3. The van der Waals surface area contributed by atoms with E-state index in [1.165, 1.54) is 32.3 Å². The topological polar surface area (TPSA) is 40.5 Å². The molecular formula is C25H27NO2S. The lowest BCUT2D eigenvalue weighted by Gasteiger charge is -2.34. The smallest absolute Gasteiger partial charge is 0.331 e. The van der Waals surface area contributed by atoms with E-state index in [0.717, 1.165) is 25.0 Å². The van der Waals surface area contributed by atoms with Gasteiger partial charge in [-0.2, -0.15) is 0 Å². The van der Waals surface area contributed by atoms with Crippen LogP contribution in [0.2, 0.25) is 0 Å². The minimum atomic E-state index is -0.829. The number of para-hydroxylation sites is 1. The molecule has 0 atom stereocenters. The summed E-state index contributed by atoms with van der Waals surface area (Å²) in [6.07, 6.45) is 3.85. The van der Waals surface area contributed by atoms with Gasteiger partial charge in [-0.3, -0.25) is 0 Å². The molecule has 150 valence electrons. The Morgan fingerprint density at radius 2 is 1.83 bits per heavy atom. The van der Waals surface area contributed by atoms with Gasteiger partial charge >= 0.3 is 5.97 Å². The summed E-state index contributed by atoms with van der Waals surface area (Å²) in [6.45, 7) is 9.26. The van der Waals surface area contributed by atoms with Crippen molar-refractivity contribution in [3.8, 4) is 0 Å². The number of benzene rings is 2. The highest BCUT2D eigenvalue weighted by Crippen LogP contribution is 2.50. The zero-order valence-electron chi connectivity index (χ0n) is 17.5. The van der Waals surface area contributed by atoms with Crippen LogP contribution < -0.4 is 4.90 Å². The number of hydrogen-bond acceptors (Lipinski definition) is 3. The highest BCUT2D eigenvalue weighted by Gasteiger charge is 2.29. The van der Waals surface area contributed by atoms with E-state index in [-0.39, 0.29) is 5.41 Å². The minimum absolute atomic E-state index is 0.0429. The van der Waals surface area contributed by atoms with Crippen LogP contribution in [0.15, 0.2) is 69.5 Å². The largest absolute Gasteiger partial charge is 0.478 e. The summed E-state index contributed by atoms with van der Waals surface area (Å²) in [6, 6.07) is 15.2. The lowest BCUT2D eigenvalue weighted by Crippen LogP contribution is -2.20. The Morgan fingerprint density at radius 3 is 2.55 bits per heavy atom. The second-order valence-corrected chi connectivity index (χ2v) is 9.72. The van der Waals surface area contributed by atoms with Gasteiger partial charge in [-0.25, -0.2) is 4.79 Å². The lowest BCUT2D eigenvalue weighted by atomic mass is 9.73. The number of fused-ring (bicyclic) bond motifs is 2. The van der Waals surface area contributed by atoms with Crippen LogP contribution in [-0.2, 0) is 4.79 Å². The predicted molar refractivity (Wildman–Crippen MR) is 121 cm³/mol. The zero-order chi connectivity index (χ0) is 20.8. The minimum Gasteiger partial charge on any atom is -0.478 e. The van der Waals surface area contributed by atoms with Gasteiger partial charge in [0.25, 0.3) is 0 Å². The van der Waals surface area contributed by atoms with E-state index in [1.807, 2.05) is 11.8 Å². The number of carboxylic acids is 1. The van der Waals surface area contributed by atoms with E-state index in [0.29, 0.717) is 5.57 Å². The molecule has 4 heteroatoms. The van der Waals surface area contributed by atoms with Gasteiger partial charge in [0, 0.05) is 21.9 Å². The molecule has 1 N–H and O–H groups in total. The van der Waals surface area contributed by atoms with E-state index in [9.17, 15) is 9.90 Å². The molecule has 1 aliphatic carbocycles. The maximum atomic E-state index is 11.5. The summed E-state index contributed by atoms with van der Waals surface area (Å²) >= 11 is 1.82. The van der Waals surface area contributed by atoms with Crippen LogP contribution in [0.25, 0.3) is 5.57 Å². The van der Waals surface area contributed by atoms with Gasteiger partial charge in [-0.05, 0) is 73.1 Å². The standard InChI is InChI=1S/C25H27NO2S/c1-5-26-20-8-6-7-9-22(20)29-23-13-17(10-11-21(23)26)19-12-18(16(2)24(27)28)14-25(3,4)15-19/h6-13H,5,14-15H2,1-4H3,(H,27,28)/b18-16-. The van der Waals surface area contributed by atoms with Crippen LogP contribution in [0.4, 0.5) is 11.4 Å². The maximum absolute atomic E-state index is 11.5. The first-order valence-electron chi connectivity index (χ1n) is 10.1. The number of carboxylic acid groups (broad SMARTS) is 1. The van der Waals surface area contributed by atoms with Crippen molar-refractivity contribution in [2.45, 2.75) is 50.3 Å². The molecule has 3 nitrogen and oxygen atoms in total. The molecule has 0 unspecified atom stereocenters. The summed E-state index contributed by atoms with van der Waals surface area (Å²) in [5.74, 6) is -0.829. The molecule has 4 rings (SSSR count). The first-order valence-corrected chi connectivity index (χ1v) is 10.9. The maximum Gasteiger partial charge on any atom is 0.331 e. The Bertz CT molecular complexity index is 1050. The Kier molecular flexibility index (Phi) is 5.07. The van der Waals surface area contributed by atoms with Gasteiger partial charge in [-0.15, -0.1) is 0 Å². The molecule has 0 saturated heterocycles. The molecule has 2 aromatic carbocycles. The van der Waals surface area contributed by atoms with E-state index >= 15 is 0 Å². The highest BCUT2D eigenvalue weighted by molar-refractivity contribution is 7.99. The fourth-order valence-electron chi connectivity index (χ4n) is 4.34. The SMILES string of the molecule is CCN1c2ccccc2Sc2cc(C3=C/C(=C(\C)C(=O)O)CC(C)(C)C3)ccc21. The third kappa shape index (κ3) is 3.74. The number of rotatable bonds is 3. The average Bonchev–Trinajstić information content (AvgIpc) is 2.69. The third-order valence-corrected chi connectivity index (χ3v) is 6.91. The van der Waals surface area contributed by atoms with Crippen molar-refractivity contribution in [3.63, 3.8) is 0 Å². The van der Waals surface area contributed by atoms with E-state index in [4.69, 9.17) is 0 Å². The van der Waals surface area contributed by atoms with Crippen molar-refractivity contribution in [2.24, 2.45) is 5.41 Å². The second kappa shape index (κ2) is 7.42. The van der Waals surface area contributed by atoms with E-state index in [2.05, 4.69) is 74.2 Å². The van der Waals surface area contributed by atoms with Crippen molar-refractivity contribution in [3.05, 3.63) is 65.3 Å². The van der Waals surface area contributed by atoms with E-state index in [1.54, 1.807) is 6.92 Å². The lowest BCUT2D eigenvalue weighted by molar-refractivity contribution is -0.132. The number of allylic oxidation sites excluding steroid dienone is 3. The number of carbonyl (C=O) groups is 1. The summed E-state index contributed by atoms with van der Waals surface area (Å²) < 4.78 is 0. The van der Waals surface area contributed by atoms with Gasteiger partial charge in [0.1, 0.15) is 0 Å². The Morgan fingerprint density at radius 1 is 1.10 bits per heavy atom. The van der Waals surface area contributed by atoms with Gasteiger partial charge < -0.3 is 10.0 Å². The van der Waals surface area contributed by atoms with Gasteiger partial charge in [0.2, 0.25) is 0 Å². The van der Waals surface area contributed by atoms with Crippen LogP contribution in [-0.4, -0.2) is 17.6 Å². The van der Waals surface area contributed by atoms with Crippen LogP contribution in [0, 0.1) is 5.41 Å². The normalized spacial score (nSPS) is 19.2.